The molecule has 0 spiro atoms. The lowest BCUT2D eigenvalue weighted by molar-refractivity contribution is -0.275. The average Bonchev–Trinajstić information content (AvgIpc) is 3.46. The van der Waals surface area contributed by atoms with Gasteiger partial charge in [-0.1, -0.05) is 232 Å². The highest BCUT2D eigenvalue weighted by atomic mass is 19.4. The Morgan fingerprint density at radius 2 is 0.725 bits per heavy atom. The molecule has 4 aromatic rings. The Bertz CT molecular complexity index is 2160. The number of esters is 5. The number of unbranched alkanes of at least 4 members (excludes halogenated alkanes) is 2. The number of carbonyl (C=O) groups excluding carboxylic acids is 5. The van der Waals surface area contributed by atoms with Gasteiger partial charge in [-0.05, 0) is 55.9 Å². The quantitative estimate of drug-likeness (QED) is 0.0312. The second-order valence-electron chi connectivity index (χ2n) is 15.5. The summed E-state index contributed by atoms with van der Waals surface area (Å²) in [6.45, 7) is 40.0. The fourth-order valence-electron chi connectivity index (χ4n) is 4.05. The van der Waals surface area contributed by atoms with Gasteiger partial charge in [-0.2, -0.15) is 22.0 Å². The molecule has 0 saturated heterocycles. The molecule has 4 aromatic carbocycles. The maximum Gasteiger partial charge on any atom is 0.432 e. The molecule has 438 valence electrons. The molecule has 0 radical (unpaired) electrons. The SMILES string of the molecule is C=C(C)C(=O)OC.C=C(C)C(=O)OC.C=C(C)C(=O)OC(F)(F)C(F)CC(F)(F)F.C=CC(=O)OCCCC.C=CC(=O)OCCCC.C=Cc1ccccc1.C=Cc1ccccc1.C=Cc1ccccc1.C=Cc1ccccc1. The Labute approximate surface area is 470 Å². The minimum atomic E-state index is -5.11. The zero-order chi connectivity index (χ0) is 62.4. The lowest BCUT2D eigenvalue weighted by Crippen LogP contribution is -2.38. The average molecular weight is 1120 g/mol. The largest absolute Gasteiger partial charge is 0.466 e. The molecule has 0 amide bonds. The molecular formula is C64H80F6O10. The van der Waals surface area contributed by atoms with E-state index in [4.69, 9.17) is 0 Å². The van der Waals surface area contributed by atoms with Crippen LogP contribution in [0.25, 0.3) is 24.3 Å². The van der Waals surface area contributed by atoms with Crippen LogP contribution in [-0.4, -0.2) is 75.7 Å². The summed E-state index contributed by atoms with van der Waals surface area (Å²) in [7, 11) is 2.66. The molecule has 0 heterocycles. The van der Waals surface area contributed by atoms with Gasteiger partial charge in [0.05, 0.1) is 33.9 Å². The number of alkyl halides is 6. The first kappa shape index (κ1) is 80.3. The topological polar surface area (TPSA) is 132 Å². The summed E-state index contributed by atoms with van der Waals surface area (Å²) >= 11 is 0. The van der Waals surface area contributed by atoms with Crippen molar-refractivity contribution in [3.05, 3.63) is 232 Å². The van der Waals surface area contributed by atoms with E-state index in [1.165, 1.54) is 48.6 Å². The minimum Gasteiger partial charge on any atom is -0.466 e. The fraction of sp³-hybridized carbons (Fsp3) is 0.266. The van der Waals surface area contributed by atoms with E-state index < -0.39 is 36.4 Å². The van der Waals surface area contributed by atoms with Crippen LogP contribution >= 0.6 is 0 Å². The number of halogens is 6. The third kappa shape index (κ3) is 54.3. The monoisotopic (exact) mass is 1120 g/mol. The van der Waals surface area contributed by atoms with Crippen molar-refractivity contribution in [2.24, 2.45) is 0 Å². The van der Waals surface area contributed by atoms with Gasteiger partial charge in [-0.3, -0.25) is 0 Å². The Hall–Kier alpha value is -8.53. The summed E-state index contributed by atoms with van der Waals surface area (Å²) in [5.41, 5.74) is 5.09. The second kappa shape index (κ2) is 52.5. The molecule has 10 nitrogen and oxygen atoms in total. The number of hydrogen-bond donors (Lipinski definition) is 0. The molecule has 16 heteroatoms. The highest BCUT2D eigenvalue weighted by Gasteiger charge is 2.50. The summed E-state index contributed by atoms with van der Waals surface area (Å²) < 4.78 is 93.7. The predicted octanol–water partition coefficient (Wildman–Crippen LogP) is 16.8. The standard InChI is InChI=1S/C8H8F6O2.4C8H8.2C7H12O2.2C5H8O2/c1-4(2)6(15)16-8(13,14)5(9)3-7(10,11)12;4*1-2-8-6-4-3-5-7-8;2*1-3-5-6-9-7(8)4-2;2*1-4(2)5(6)7-3/h5H,1,3H2,2H3;4*2-7H,1H2;2*4H,2-3,5-6H2,1H3;2*1H2,2-3H3. The molecule has 0 aliphatic carbocycles. The van der Waals surface area contributed by atoms with Crippen LogP contribution in [0.2, 0.25) is 0 Å². The van der Waals surface area contributed by atoms with E-state index in [0.29, 0.717) is 24.4 Å². The van der Waals surface area contributed by atoms with Gasteiger partial charge in [0.2, 0.25) is 6.17 Å². The molecule has 0 aliphatic heterocycles. The smallest absolute Gasteiger partial charge is 0.432 e. The van der Waals surface area contributed by atoms with Crippen molar-refractivity contribution < 1.29 is 74.0 Å². The summed E-state index contributed by atoms with van der Waals surface area (Å²) in [6.07, 6.45) is -2.34. The molecule has 0 aromatic heterocycles. The number of rotatable bonds is 18. The normalized spacial score (nSPS) is 9.56. The van der Waals surface area contributed by atoms with Crippen molar-refractivity contribution in [2.75, 3.05) is 27.4 Å². The molecule has 1 unspecified atom stereocenters. The number of ether oxygens (including phenoxy) is 5. The molecular weight excluding hydrogens is 1040 g/mol. The zero-order valence-corrected chi connectivity index (χ0v) is 47.3. The Balaban J connectivity index is -0.000000267. The molecule has 0 fully saturated rings. The maximum absolute atomic E-state index is 12.6. The first-order valence-corrected chi connectivity index (χ1v) is 24.4. The molecule has 0 saturated carbocycles. The van der Waals surface area contributed by atoms with Crippen molar-refractivity contribution in [2.45, 2.75) is 85.2 Å². The highest BCUT2D eigenvalue weighted by molar-refractivity contribution is 5.87. The number of methoxy groups -OCH3 is 2. The van der Waals surface area contributed by atoms with Crippen molar-refractivity contribution >= 4 is 54.2 Å². The van der Waals surface area contributed by atoms with E-state index in [9.17, 15) is 50.3 Å². The number of carbonyl (C=O) groups is 5. The molecule has 0 aliphatic rings. The predicted molar refractivity (Wildman–Crippen MR) is 313 cm³/mol. The molecule has 80 heavy (non-hydrogen) atoms. The van der Waals surface area contributed by atoms with E-state index in [1.807, 2.05) is 159 Å². The lowest BCUT2D eigenvalue weighted by atomic mass is 10.2. The number of hydrogen-bond acceptors (Lipinski definition) is 10. The molecule has 0 N–H and O–H groups in total. The van der Waals surface area contributed by atoms with Gasteiger partial charge >= 0.3 is 42.1 Å². The minimum absolute atomic E-state index is 0.330. The fourth-order valence-corrected chi connectivity index (χ4v) is 4.05. The van der Waals surface area contributed by atoms with E-state index in [1.54, 1.807) is 13.8 Å². The Morgan fingerprint density at radius 1 is 0.475 bits per heavy atom. The van der Waals surface area contributed by atoms with Crippen molar-refractivity contribution in [1.29, 1.82) is 0 Å². The third-order valence-electron chi connectivity index (χ3n) is 8.38. The van der Waals surface area contributed by atoms with Gasteiger partial charge in [-0.25, -0.2) is 28.4 Å². The first-order chi connectivity index (χ1) is 37.7. The Morgan fingerprint density at radius 3 is 0.875 bits per heavy atom. The van der Waals surface area contributed by atoms with Crippen LogP contribution in [0.3, 0.4) is 0 Å². The van der Waals surface area contributed by atoms with Crippen LogP contribution in [0.5, 0.6) is 0 Å². The summed E-state index contributed by atoms with van der Waals surface area (Å²) in [5, 5.41) is 0. The maximum atomic E-state index is 12.6. The van der Waals surface area contributed by atoms with Crippen molar-refractivity contribution in [1.82, 2.24) is 0 Å². The van der Waals surface area contributed by atoms with E-state index in [2.05, 4.69) is 82.9 Å². The van der Waals surface area contributed by atoms with Crippen LogP contribution in [0.15, 0.2) is 209 Å². The van der Waals surface area contributed by atoms with Gasteiger partial charge in [0.15, 0.2) is 0 Å². The van der Waals surface area contributed by atoms with E-state index in [-0.39, 0.29) is 23.9 Å². The summed E-state index contributed by atoms with van der Waals surface area (Å²) in [4.78, 5) is 51.7. The highest BCUT2D eigenvalue weighted by Crippen LogP contribution is 2.33. The van der Waals surface area contributed by atoms with Crippen LogP contribution in [-0.2, 0) is 47.7 Å². The van der Waals surface area contributed by atoms with Gasteiger partial charge in [-0.15, -0.1) is 0 Å². The van der Waals surface area contributed by atoms with Gasteiger partial charge in [0.25, 0.3) is 0 Å². The molecule has 0 bridgehead atoms. The van der Waals surface area contributed by atoms with Gasteiger partial charge in [0, 0.05) is 28.9 Å². The molecule has 4 rings (SSSR count). The third-order valence-corrected chi connectivity index (χ3v) is 8.38. The van der Waals surface area contributed by atoms with E-state index >= 15 is 0 Å². The van der Waals surface area contributed by atoms with E-state index in [0.717, 1.165) is 32.6 Å². The molecule has 1 atom stereocenters. The van der Waals surface area contributed by atoms with Gasteiger partial charge < -0.3 is 23.7 Å². The van der Waals surface area contributed by atoms with Gasteiger partial charge in [0.1, 0.15) is 0 Å². The summed E-state index contributed by atoms with van der Waals surface area (Å²) in [5.74, 6) is -3.01. The summed E-state index contributed by atoms with van der Waals surface area (Å²) in [6, 6.07) is 40.1. The van der Waals surface area contributed by atoms with Crippen LogP contribution in [0, 0.1) is 0 Å². The van der Waals surface area contributed by atoms with Crippen molar-refractivity contribution in [3.8, 4) is 0 Å². The lowest BCUT2D eigenvalue weighted by Gasteiger charge is -2.21. The van der Waals surface area contributed by atoms with Crippen molar-refractivity contribution in [3.63, 3.8) is 0 Å². The number of benzene rings is 4. The zero-order valence-electron chi connectivity index (χ0n) is 47.3. The van der Waals surface area contributed by atoms with Crippen LogP contribution in [0.4, 0.5) is 26.3 Å². The van der Waals surface area contributed by atoms with Crippen LogP contribution < -0.4 is 0 Å². The second-order valence-corrected chi connectivity index (χ2v) is 15.5. The Kier molecular flexibility index (Phi) is 52.7. The first-order valence-electron chi connectivity index (χ1n) is 24.4. The van der Waals surface area contributed by atoms with Crippen LogP contribution in [0.1, 0.15) is 89.0 Å².